The van der Waals surface area contributed by atoms with Crippen LogP contribution in [0.5, 0.6) is 11.5 Å². The number of halogens is 1. The van der Waals surface area contributed by atoms with Crippen molar-refractivity contribution in [2.45, 2.75) is 30.2 Å². The fourth-order valence-corrected chi connectivity index (χ4v) is 3.79. The van der Waals surface area contributed by atoms with Crippen LogP contribution in [0.15, 0.2) is 17.0 Å². The minimum atomic E-state index is -3.96. The highest BCUT2D eigenvalue weighted by atomic mass is 32.2. The van der Waals surface area contributed by atoms with Gasteiger partial charge in [0.1, 0.15) is 10.7 Å². The van der Waals surface area contributed by atoms with Gasteiger partial charge in [0.25, 0.3) is 0 Å². The van der Waals surface area contributed by atoms with Gasteiger partial charge in [-0.05, 0) is 19.4 Å². The van der Waals surface area contributed by atoms with Gasteiger partial charge < -0.3 is 14.8 Å². The Morgan fingerprint density at radius 2 is 1.91 bits per heavy atom. The summed E-state index contributed by atoms with van der Waals surface area (Å²) in [4.78, 5) is -0.436. The molecule has 0 aliphatic carbocycles. The zero-order chi connectivity index (χ0) is 16.2. The summed E-state index contributed by atoms with van der Waals surface area (Å²) in [6, 6.07) is 1.90. The number of nitrogens with one attached hydrogen (secondary N) is 2. The van der Waals surface area contributed by atoms with E-state index < -0.39 is 20.7 Å². The lowest BCUT2D eigenvalue weighted by Gasteiger charge is -2.17. The number of hydrogen-bond donors (Lipinski definition) is 2. The number of ether oxygens (including phenoxy) is 2. The van der Waals surface area contributed by atoms with Crippen LogP contribution in [0.25, 0.3) is 0 Å². The van der Waals surface area contributed by atoms with Gasteiger partial charge in [0.05, 0.1) is 14.2 Å². The highest BCUT2D eigenvalue weighted by Crippen LogP contribution is 2.32. The molecule has 1 aromatic rings. The van der Waals surface area contributed by atoms with Crippen molar-refractivity contribution in [2.24, 2.45) is 0 Å². The monoisotopic (exact) mass is 332 g/mol. The first-order valence-electron chi connectivity index (χ1n) is 7.12. The number of sulfonamides is 1. The number of methoxy groups -OCH3 is 2. The summed E-state index contributed by atoms with van der Waals surface area (Å²) in [7, 11) is -1.23. The minimum absolute atomic E-state index is 0.148. The predicted molar refractivity (Wildman–Crippen MR) is 80.3 cm³/mol. The average molecular weight is 332 g/mol. The predicted octanol–water partition coefficient (Wildman–Crippen LogP) is 1.26. The smallest absolute Gasteiger partial charge is 0.243 e. The van der Waals surface area contributed by atoms with E-state index in [-0.39, 0.29) is 17.5 Å². The molecule has 0 aromatic heterocycles. The number of hydrogen-bond acceptors (Lipinski definition) is 5. The molecule has 1 atom stereocenters. The summed E-state index contributed by atoms with van der Waals surface area (Å²) in [5, 5.41) is 3.16. The van der Waals surface area contributed by atoms with E-state index in [4.69, 9.17) is 9.47 Å². The molecule has 2 N–H and O–H groups in total. The van der Waals surface area contributed by atoms with Crippen molar-refractivity contribution >= 4 is 10.0 Å². The van der Waals surface area contributed by atoms with E-state index >= 15 is 0 Å². The van der Waals surface area contributed by atoms with Crippen LogP contribution in [0.4, 0.5) is 4.39 Å². The summed E-state index contributed by atoms with van der Waals surface area (Å²) in [6.07, 6.45) is 2.65. The van der Waals surface area contributed by atoms with Crippen LogP contribution in [0.1, 0.15) is 19.3 Å². The molecule has 2 rings (SSSR count). The van der Waals surface area contributed by atoms with E-state index in [0.717, 1.165) is 37.9 Å². The highest BCUT2D eigenvalue weighted by Gasteiger charge is 2.26. The molecule has 1 aliphatic rings. The fraction of sp³-hybridized carbons (Fsp3) is 0.571. The molecule has 124 valence electrons. The van der Waals surface area contributed by atoms with Crippen LogP contribution >= 0.6 is 0 Å². The van der Waals surface area contributed by atoms with Gasteiger partial charge in [-0.3, -0.25) is 0 Å². The molecule has 1 unspecified atom stereocenters. The third kappa shape index (κ3) is 3.88. The fourth-order valence-electron chi connectivity index (χ4n) is 2.44. The third-order valence-corrected chi connectivity index (χ3v) is 5.13. The normalized spacial score (nSPS) is 19.5. The Morgan fingerprint density at radius 1 is 1.23 bits per heavy atom. The molecular weight excluding hydrogens is 311 g/mol. The third-order valence-electron chi connectivity index (χ3n) is 3.60. The Hall–Kier alpha value is -1.38. The van der Waals surface area contributed by atoms with Crippen molar-refractivity contribution in [1.82, 2.24) is 10.0 Å². The zero-order valence-corrected chi connectivity index (χ0v) is 13.5. The van der Waals surface area contributed by atoms with Crippen LogP contribution < -0.4 is 19.5 Å². The van der Waals surface area contributed by atoms with E-state index in [9.17, 15) is 12.8 Å². The van der Waals surface area contributed by atoms with Gasteiger partial charge in [-0.1, -0.05) is 6.42 Å². The highest BCUT2D eigenvalue weighted by molar-refractivity contribution is 7.89. The first-order chi connectivity index (χ1) is 10.5. The SMILES string of the molecule is COc1cc(F)c(S(=O)(=O)NC2CCCCNC2)cc1OC. The van der Waals surface area contributed by atoms with Crippen molar-refractivity contribution in [3.63, 3.8) is 0 Å². The van der Waals surface area contributed by atoms with Crippen molar-refractivity contribution in [1.29, 1.82) is 0 Å². The molecule has 0 spiro atoms. The molecule has 22 heavy (non-hydrogen) atoms. The zero-order valence-electron chi connectivity index (χ0n) is 12.7. The van der Waals surface area contributed by atoms with Gasteiger partial charge in [0, 0.05) is 24.7 Å². The van der Waals surface area contributed by atoms with Crippen LogP contribution in [0.3, 0.4) is 0 Å². The van der Waals surface area contributed by atoms with Crippen molar-refractivity contribution < 1.29 is 22.3 Å². The molecule has 1 heterocycles. The lowest BCUT2D eigenvalue weighted by atomic mass is 10.2. The minimum Gasteiger partial charge on any atom is -0.493 e. The van der Waals surface area contributed by atoms with Gasteiger partial charge in [0.2, 0.25) is 10.0 Å². The number of benzene rings is 1. The van der Waals surface area contributed by atoms with Crippen molar-refractivity contribution in [2.75, 3.05) is 27.3 Å². The summed E-state index contributed by atoms with van der Waals surface area (Å²) < 4.78 is 51.5. The van der Waals surface area contributed by atoms with Crippen molar-refractivity contribution in [3.05, 3.63) is 17.9 Å². The van der Waals surface area contributed by atoms with Gasteiger partial charge in [-0.15, -0.1) is 0 Å². The first kappa shape index (κ1) is 17.0. The van der Waals surface area contributed by atoms with Gasteiger partial charge in [-0.2, -0.15) is 0 Å². The molecule has 8 heteroatoms. The second-order valence-electron chi connectivity index (χ2n) is 5.16. The molecule has 0 amide bonds. The molecular formula is C14H21FN2O4S. The van der Waals surface area contributed by atoms with E-state index in [2.05, 4.69) is 10.0 Å². The molecule has 0 bridgehead atoms. The number of rotatable bonds is 5. The quantitative estimate of drug-likeness (QED) is 0.849. The Bertz CT molecular complexity index is 614. The summed E-state index contributed by atoms with van der Waals surface area (Å²) in [5.74, 6) is -0.551. The molecule has 1 aromatic carbocycles. The molecule has 1 saturated heterocycles. The Balaban J connectivity index is 2.28. The Labute approximate surface area is 130 Å². The Morgan fingerprint density at radius 3 is 2.59 bits per heavy atom. The second-order valence-corrected chi connectivity index (χ2v) is 6.84. The van der Waals surface area contributed by atoms with Crippen LogP contribution in [-0.4, -0.2) is 41.8 Å². The Kier molecular flexibility index (Phi) is 5.60. The van der Waals surface area contributed by atoms with Gasteiger partial charge >= 0.3 is 0 Å². The summed E-state index contributed by atoms with van der Waals surface area (Å²) in [6.45, 7) is 1.40. The maximum Gasteiger partial charge on any atom is 0.243 e. The first-order valence-corrected chi connectivity index (χ1v) is 8.61. The van der Waals surface area contributed by atoms with Crippen LogP contribution in [-0.2, 0) is 10.0 Å². The van der Waals surface area contributed by atoms with E-state index in [1.54, 1.807) is 0 Å². The van der Waals surface area contributed by atoms with E-state index in [0.29, 0.717) is 6.54 Å². The maximum atomic E-state index is 14.1. The van der Waals surface area contributed by atoms with Crippen molar-refractivity contribution in [3.8, 4) is 11.5 Å². The molecule has 6 nitrogen and oxygen atoms in total. The molecule has 1 fully saturated rings. The lowest BCUT2D eigenvalue weighted by Crippen LogP contribution is -2.41. The van der Waals surface area contributed by atoms with Gasteiger partial charge in [0.15, 0.2) is 11.5 Å². The van der Waals surface area contributed by atoms with Crippen LogP contribution in [0.2, 0.25) is 0 Å². The second kappa shape index (κ2) is 7.26. The summed E-state index contributed by atoms with van der Waals surface area (Å²) in [5.41, 5.74) is 0. The standard InChI is InChI=1S/C14H21FN2O4S/c1-20-12-7-11(15)14(8-13(12)21-2)22(18,19)17-10-5-3-4-6-16-9-10/h7-8,10,16-17H,3-6,9H2,1-2H3. The van der Waals surface area contributed by atoms with Crippen LogP contribution in [0, 0.1) is 5.82 Å². The van der Waals surface area contributed by atoms with E-state index in [1.165, 1.54) is 14.2 Å². The molecule has 0 saturated carbocycles. The van der Waals surface area contributed by atoms with Gasteiger partial charge in [-0.25, -0.2) is 17.5 Å². The lowest BCUT2D eigenvalue weighted by molar-refractivity contribution is 0.350. The maximum absolute atomic E-state index is 14.1. The van der Waals surface area contributed by atoms with E-state index in [1.807, 2.05) is 0 Å². The average Bonchev–Trinajstić information content (AvgIpc) is 2.74. The molecule has 0 radical (unpaired) electrons. The summed E-state index contributed by atoms with van der Waals surface area (Å²) >= 11 is 0. The largest absolute Gasteiger partial charge is 0.493 e. The topological polar surface area (TPSA) is 76.7 Å². The molecule has 1 aliphatic heterocycles.